The van der Waals surface area contributed by atoms with Crippen molar-refractivity contribution in [2.24, 2.45) is 5.34 Å². The normalized spacial score (nSPS) is 1.20. The summed E-state index contributed by atoms with van der Waals surface area (Å²) in [5, 5.41) is 9.00. The smallest absolute Gasteiger partial charge is 1.00 e. The minimum atomic E-state index is 0. The van der Waals surface area contributed by atoms with Crippen LogP contribution in [0.4, 0.5) is 0 Å². The van der Waals surface area contributed by atoms with Crippen LogP contribution in [-0.4, -0.2) is 22.8 Å². The fourth-order valence-electron chi connectivity index (χ4n) is 0. The number of hydrogen-bond donors (Lipinski definition) is 0. The van der Waals surface area contributed by atoms with Crippen LogP contribution >= 0.6 is 0 Å². The number of nitrogens with zero attached hydrogens (tertiary/aromatic N) is 1. The first-order chi connectivity index (χ1) is 1.41. The summed E-state index contributed by atoms with van der Waals surface area (Å²) in [6.07, 6.45) is 0. The largest absolute Gasteiger partial charge is 3.00 e. The zero-order chi connectivity index (χ0) is 2.71. The third-order valence-electron chi connectivity index (χ3n) is 0. The molecule has 1 N–H and O–H groups in total. The van der Waals surface area contributed by atoms with E-state index in [1.165, 1.54) is 0 Å². The van der Waals surface area contributed by atoms with E-state index in [9.17, 15) is 0 Å². The van der Waals surface area contributed by atoms with Crippen LogP contribution < -0.4 is 96.3 Å². The molecular formula is HAlCl3NNa2O3. The third kappa shape index (κ3) is 134. The molecule has 0 spiro atoms. The van der Waals surface area contributed by atoms with E-state index in [0.29, 0.717) is 0 Å². The Morgan fingerprint density at radius 3 is 1.00 bits per heavy atom. The van der Waals surface area contributed by atoms with Gasteiger partial charge in [0.2, 0.25) is 0 Å². The average Bonchev–Trinajstić information content (AvgIpc) is 0.918. The van der Waals surface area contributed by atoms with Gasteiger partial charge in [0.1, 0.15) is 0 Å². The summed E-state index contributed by atoms with van der Waals surface area (Å²) in [5.74, 6) is 0. The van der Waals surface area contributed by atoms with Crippen molar-refractivity contribution < 1.29 is 102 Å². The van der Waals surface area contributed by atoms with Crippen molar-refractivity contribution in [2.75, 3.05) is 0 Å². The molecule has 0 bridgehead atoms. The second-order valence-corrected chi connectivity index (χ2v) is 0.0745. The summed E-state index contributed by atoms with van der Waals surface area (Å²) in [7, 11) is 0. The first-order valence-electron chi connectivity index (χ1n) is 0.365. The Bertz CT molecular complexity index is 29.2. The zero-order valence-corrected chi connectivity index (χ0v) is 12.8. The van der Waals surface area contributed by atoms with Crippen LogP contribution in [0.25, 0.3) is 0 Å². The second-order valence-electron chi connectivity index (χ2n) is 0.0745. The van der Waals surface area contributed by atoms with E-state index in [0.717, 1.165) is 5.34 Å². The van der Waals surface area contributed by atoms with Gasteiger partial charge in [0.05, 0.1) is 0 Å². The Morgan fingerprint density at radius 2 is 1.00 bits per heavy atom. The van der Waals surface area contributed by atoms with Gasteiger partial charge in [-0.3, -0.25) is 0 Å². The molecule has 0 radical (unpaired) electrons. The standard InChI is InChI=1S/Al.3ClH.HNO2.2Na.H2O/c;;;;2-1-3;;;/h;3*1H;(H,2,3);;;1H2/q+3;;;;;2*+1;/p-5. The van der Waals surface area contributed by atoms with Crippen LogP contribution in [0.1, 0.15) is 0 Å². The van der Waals surface area contributed by atoms with Gasteiger partial charge in [-0.2, -0.15) is 0 Å². The molecule has 0 rings (SSSR count). The monoisotopic (exact) mass is 241 g/mol. The predicted octanol–water partition coefficient (Wildman–Crippen LogP) is -15.3. The van der Waals surface area contributed by atoms with Gasteiger partial charge in [-0.25, -0.2) is 0 Å². The Hall–Kier alpha value is 2.76. The van der Waals surface area contributed by atoms with Crippen molar-refractivity contribution >= 4 is 17.4 Å². The zero-order valence-electron chi connectivity index (χ0n) is 5.42. The van der Waals surface area contributed by atoms with Crippen molar-refractivity contribution in [1.82, 2.24) is 0 Å². The molecule has 0 aliphatic carbocycles. The summed E-state index contributed by atoms with van der Waals surface area (Å²) in [6, 6.07) is 0. The molecule has 50 valence electrons. The third-order valence-corrected chi connectivity index (χ3v) is 0. The summed E-state index contributed by atoms with van der Waals surface area (Å²) in [6.45, 7) is 0. The van der Waals surface area contributed by atoms with Crippen molar-refractivity contribution in [2.45, 2.75) is 0 Å². The quantitative estimate of drug-likeness (QED) is 0.240. The van der Waals surface area contributed by atoms with Crippen LogP contribution in [0.5, 0.6) is 0 Å². The van der Waals surface area contributed by atoms with E-state index in [2.05, 4.69) is 0 Å². The Morgan fingerprint density at radius 1 is 1.00 bits per heavy atom. The van der Waals surface area contributed by atoms with Crippen LogP contribution in [0, 0.1) is 10.1 Å². The van der Waals surface area contributed by atoms with Gasteiger partial charge in [0.25, 0.3) is 0 Å². The molecular weight excluding hydrogens is 241 g/mol. The van der Waals surface area contributed by atoms with Crippen LogP contribution in [-0.2, 0) is 0 Å². The average molecular weight is 242 g/mol. The molecule has 10 heavy (non-hydrogen) atoms. The Balaban J connectivity index is -0.000000000952. The van der Waals surface area contributed by atoms with Crippen molar-refractivity contribution in [3.8, 4) is 0 Å². The molecule has 0 atom stereocenters. The van der Waals surface area contributed by atoms with Crippen LogP contribution in [0.2, 0.25) is 0 Å². The van der Waals surface area contributed by atoms with Gasteiger partial charge in [-0.1, -0.05) is 0 Å². The molecule has 0 saturated heterocycles. The molecule has 0 unspecified atom stereocenters. The van der Waals surface area contributed by atoms with Crippen molar-refractivity contribution in [3.05, 3.63) is 10.1 Å². The molecule has 0 aromatic carbocycles. The SMILES string of the molecule is O=N[O-].[Al+3].[Cl-].[Cl-].[Cl-].[Na+].[Na+].[OH-]. The summed E-state index contributed by atoms with van der Waals surface area (Å²) in [5.41, 5.74) is 0. The van der Waals surface area contributed by atoms with E-state index in [1.807, 2.05) is 0 Å². The second kappa shape index (κ2) is 96.2. The molecule has 0 aromatic heterocycles. The number of rotatable bonds is 0. The van der Waals surface area contributed by atoms with Gasteiger partial charge in [0.15, 0.2) is 0 Å². The molecule has 10 heteroatoms. The fraction of sp³-hybridized carbons (Fsp3) is 0. The van der Waals surface area contributed by atoms with Gasteiger partial charge in [-0.15, -0.1) is 5.34 Å². The Labute approximate surface area is 132 Å². The van der Waals surface area contributed by atoms with Gasteiger partial charge in [-0.05, 0) is 0 Å². The molecule has 4 nitrogen and oxygen atoms in total. The van der Waals surface area contributed by atoms with E-state index >= 15 is 0 Å². The molecule has 0 aliphatic heterocycles. The first-order valence-corrected chi connectivity index (χ1v) is 0.365. The maximum atomic E-state index is 8.00. The summed E-state index contributed by atoms with van der Waals surface area (Å²) < 4.78 is 0. The van der Waals surface area contributed by atoms with E-state index < -0.39 is 0 Å². The first kappa shape index (κ1) is 77.9. The summed E-state index contributed by atoms with van der Waals surface area (Å²) in [4.78, 5) is 8.00. The van der Waals surface area contributed by atoms with Gasteiger partial charge >= 0.3 is 76.5 Å². The topological polar surface area (TPSA) is 82.5 Å². The van der Waals surface area contributed by atoms with E-state index in [4.69, 9.17) is 10.1 Å². The van der Waals surface area contributed by atoms with E-state index in [-0.39, 0.29) is 119 Å². The summed E-state index contributed by atoms with van der Waals surface area (Å²) >= 11 is 0. The number of halogens is 3. The Kier molecular flexibility index (Phi) is 749. The number of hydrogen-bond acceptors (Lipinski definition) is 4. The van der Waals surface area contributed by atoms with Gasteiger partial charge < -0.3 is 52.8 Å². The molecule has 0 aliphatic rings. The van der Waals surface area contributed by atoms with E-state index in [1.54, 1.807) is 0 Å². The van der Waals surface area contributed by atoms with Crippen LogP contribution in [0.15, 0.2) is 5.34 Å². The van der Waals surface area contributed by atoms with Crippen molar-refractivity contribution in [1.29, 1.82) is 0 Å². The van der Waals surface area contributed by atoms with Crippen molar-refractivity contribution in [3.63, 3.8) is 0 Å². The maximum absolute atomic E-state index is 8.00. The molecule has 0 aromatic rings. The minimum Gasteiger partial charge on any atom is -1.00 e. The minimum absolute atomic E-state index is 0. The molecule has 0 fully saturated rings. The maximum Gasteiger partial charge on any atom is 3.00 e. The molecule has 0 amide bonds. The fourth-order valence-corrected chi connectivity index (χ4v) is 0. The molecule has 0 heterocycles. The van der Waals surface area contributed by atoms with Gasteiger partial charge in [0, 0.05) is 0 Å². The predicted molar refractivity (Wildman–Crippen MR) is 16.9 cm³/mol. The molecule has 0 saturated carbocycles. The van der Waals surface area contributed by atoms with Crippen LogP contribution in [0.3, 0.4) is 0 Å².